The van der Waals surface area contributed by atoms with Gasteiger partial charge in [-0.15, -0.1) is 5.10 Å². The van der Waals surface area contributed by atoms with Crippen molar-refractivity contribution in [2.75, 3.05) is 7.11 Å². The molecule has 1 heterocycles. The highest BCUT2D eigenvalue weighted by atomic mass is 16.5. The number of aromatic nitrogens is 3. The van der Waals surface area contributed by atoms with E-state index in [-0.39, 0.29) is 5.69 Å². The van der Waals surface area contributed by atoms with Gasteiger partial charge in [-0.3, -0.25) is 0 Å². The van der Waals surface area contributed by atoms with Gasteiger partial charge in [-0.05, 0) is 37.9 Å². The largest absolute Gasteiger partial charge is 0.464 e. The zero-order valence-electron chi connectivity index (χ0n) is 15.3. The summed E-state index contributed by atoms with van der Waals surface area (Å²) in [6.45, 7) is 0.518. The average molecular weight is 367 g/mol. The first kappa shape index (κ1) is 16.4. The van der Waals surface area contributed by atoms with E-state index in [0.29, 0.717) is 6.54 Å². The molecular formula is C23H17N3O2. The molecule has 0 saturated carbocycles. The number of hydrogen-bond acceptors (Lipinski definition) is 4. The van der Waals surface area contributed by atoms with Gasteiger partial charge in [0.25, 0.3) is 0 Å². The summed E-state index contributed by atoms with van der Waals surface area (Å²) < 4.78 is 6.39. The van der Waals surface area contributed by atoms with E-state index in [4.69, 9.17) is 4.74 Å². The van der Waals surface area contributed by atoms with E-state index >= 15 is 0 Å². The first-order valence-corrected chi connectivity index (χ1v) is 9.06. The van der Waals surface area contributed by atoms with Crippen LogP contribution in [0.4, 0.5) is 0 Å². The second-order valence-electron chi connectivity index (χ2n) is 6.72. The summed E-state index contributed by atoms with van der Waals surface area (Å²) in [7, 11) is 1.34. The van der Waals surface area contributed by atoms with Crippen molar-refractivity contribution in [2.45, 2.75) is 6.54 Å². The lowest BCUT2D eigenvalue weighted by Crippen LogP contribution is -2.02. The number of carbonyl (C=O) groups excluding carboxylic acids is 1. The van der Waals surface area contributed by atoms with Crippen molar-refractivity contribution >= 4 is 38.3 Å². The van der Waals surface area contributed by atoms with Crippen LogP contribution in [0, 0.1) is 0 Å². The van der Waals surface area contributed by atoms with Crippen LogP contribution >= 0.6 is 0 Å². The summed E-state index contributed by atoms with van der Waals surface area (Å²) in [6.07, 6.45) is 1.62. The molecule has 5 heteroatoms. The lowest BCUT2D eigenvalue weighted by Gasteiger charge is -2.13. The Hall–Kier alpha value is -3.73. The molecule has 136 valence electrons. The van der Waals surface area contributed by atoms with Gasteiger partial charge >= 0.3 is 5.97 Å². The van der Waals surface area contributed by atoms with Crippen molar-refractivity contribution in [3.8, 4) is 0 Å². The molecule has 5 aromatic rings. The molecule has 0 atom stereocenters. The summed E-state index contributed by atoms with van der Waals surface area (Å²) in [4.78, 5) is 11.7. The van der Waals surface area contributed by atoms with E-state index in [0.717, 1.165) is 5.56 Å². The molecule has 0 bridgehead atoms. The molecule has 0 amide bonds. The number of rotatable bonds is 3. The third-order valence-electron chi connectivity index (χ3n) is 5.12. The maximum atomic E-state index is 11.7. The van der Waals surface area contributed by atoms with E-state index in [2.05, 4.69) is 77.0 Å². The summed E-state index contributed by atoms with van der Waals surface area (Å²) >= 11 is 0. The Bertz CT molecular complexity index is 1310. The van der Waals surface area contributed by atoms with Crippen molar-refractivity contribution in [3.05, 3.63) is 84.2 Å². The van der Waals surface area contributed by atoms with E-state index in [1.165, 1.54) is 39.4 Å². The maximum Gasteiger partial charge on any atom is 0.360 e. The molecule has 0 saturated heterocycles. The minimum Gasteiger partial charge on any atom is -0.464 e. The van der Waals surface area contributed by atoms with Gasteiger partial charge in [0.05, 0.1) is 19.9 Å². The highest BCUT2D eigenvalue weighted by Gasteiger charge is 2.14. The highest BCUT2D eigenvalue weighted by molar-refractivity contribution is 6.26. The first-order chi connectivity index (χ1) is 13.8. The monoisotopic (exact) mass is 367 g/mol. The topological polar surface area (TPSA) is 57.0 Å². The molecule has 0 unspecified atom stereocenters. The van der Waals surface area contributed by atoms with Gasteiger partial charge in [-0.2, -0.15) is 0 Å². The third-order valence-corrected chi connectivity index (χ3v) is 5.12. The molecule has 0 aliphatic carbocycles. The maximum absolute atomic E-state index is 11.7. The minimum absolute atomic E-state index is 0.207. The van der Waals surface area contributed by atoms with Crippen molar-refractivity contribution < 1.29 is 9.53 Å². The fourth-order valence-corrected chi connectivity index (χ4v) is 3.91. The quantitative estimate of drug-likeness (QED) is 0.346. The SMILES string of the molecule is COC(=O)c1cn(Cc2cccc3c4ccccc4c4ccccc4c23)nn1. The molecule has 0 radical (unpaired) electrons. The van der Waals surface area contributed by atoms with Crippen LogP contribution in [0.25, 0.3) is 32.3 Å². The van der Waals surface area contributed by atoms with Gasteiger partial charge in [-0.25, -0.2) is 9.48 Å². The normalized spacial score (nSPS) is 11.3. The Balaban J connectivity index is 1.76. The lowest BCUT2D eigenvalue weighted by molar-refractivity contribution is 0.0594. The molecule has 0 aliphatic rings. The van der Waals surface area contributed by atoms with Crippen LogP contribution in [0.5, 0.6) is 0 Å². The number of esters is 1. The van der Waals surface area contributed by atoms with Crippen LogP contribution in [-0.4, -0.2) is 28.1 Å². The Morgan fingerprint density at radius 2 is 1.43 bits per heavy atom. The van der Waals surface area contributed by atoms with E-state index in [1.807, 2.05) is 0 Å². The van der Waals surface area contributed by atoms with Crippen LogP contribution in [0.2, 0.25) is 0 Å². The predicted octanol–water partition coefficient (Wildman–Crippen LogP) is 4.57. The molecule has 0 fully saturated rings. The fraction of sp³-hybridized carbons (Fsp3) is 0.0870. The number of fused-ring (bicyclic) bond motifs is 6. The molecule has 0 spiro atoms. The zero-order valence-corrected chi connectivity index (χ0v) is 15.3. The van der Waals surface area contributed by atoms with E-state index in [1.54, 1.807) is 10.9 Å². The molecule has 28 heavy (non-hydrogen) atoms. The molecule has 5 rings (SSSR count). The van der Waals surface area contributed by atoms with Crippen molar-refractivity contribution in [1.29, 1.82) is 0 Å². The average Bonchev–Trinajstić information content (AvgIpc) is 3.22. The molecular weight excluding hydrogens is 350 g/mol. The van der Waals surface area contributed by atoms with Crippen LogP contribution in [0.15, 0.2) is 72.9 Å². The molecule has 4 aromatic carbocycles. The Kier molecular flexibility index (Phi) is 3.79. The van der Waals surface area contributed by atoms with Crippen LogP contribution in [-0.2, 0) is 11.3 Å². The highest BCUT2D eigenvalue weighted by Crippen LogP contribution is 2.36. The summed E-state index contributed by atoms with van der Waals surface area (Å²) in [5, 5.41) is 15.3. The summed E-state index contributed by atoms with van der Waals surface area (Å²) in [6, 6.07) is 23.3. The number of hydrogen-bond donors (Lipinski definition) is 0. The fourth-order valence-electron chi connectivity index (χ4n) is 3.91. The van der Waals surface area contributed by atoms with Gasteiger partial charge in [0, 0.05) is 0 Å². The number of carbonyl (C=O) groups is 1. The van der Waals surface area contributed by atoms with Crippen molar-refractivity contribution in [2.24, 2.45) is 0 Å². The Morgan fingerprint density at radius 1 is 0.857 bits per heavy atom. The minimum atomic E-state index is -0.486. The zero-order chi connectivity index (χ0) is 19.1. The number of nitrogens with zero attached hydrogens (tertiary/aromatic N) is 3. The summed E-state index contributed by atoms with van der Waals surface area (Å²) in [5.74, 6) is -0.486. The second-order valence-corrected chi connectivity index (χ2v) is 6.72. The number of ether oxygens (including phenoxy) is 1. The van der Waals surface area contributed by atoms with Gasteiger partial charge in [0.1, 0.15) is 0 Å². The van der Waals surface area contributed by atoms with Gasteiger partial charge in [0.15, 0.2) is 5.69 Å². The Morgan fingerprint density at radius 3 is 2.07 bits per heavy atom. The molecule has 0 aliphatic heterocycles. The smallest absolute Gasteiger partial charge is 0.360 e. The van der Waals surface area contributed by atoms with Crippen LogP contribution < -0.4 is 0 Å². The predicted molar refractivity (Wildman–Crippen MR) is 109 cm³/mol. The van der Waals surface area contributed by atoms with Gasteiger partial charge in [-0.1, -0.05) is 71.9 Å². The first-order valence-electron chi connectivity index (χ1n) is 9.06. The van der Waals surface area contributed by atoms with Crippen molar-refractivity contribution in [3.63, 3.8) is 0 Å². The standard InChI is InChI=1S/C23H17N3O2/c1-28-23(27)21-14-26(25-24-21)13-15-7-6-12-20-18-9-3-2-8-16(18)17-10-4-5-11-19(17)22(15)20/h2-12,14H,13H2,1H3. The lowest BCUT2D eigenvalue weighted by atomic mass is 9.92. The van der Waals surface area contributed by atoms with Crippen LogP contribution in [0.1, 0.15) is 16.1 Å². The van der Waals surface area contributed by atoms with E-state index < -0.39 is 5.97 Å². The van der Waals surface area contributed by atoms with Gasteiger partial charge < -0.3 is 4.74 Å². The second kappa shape index (κ2) is 6.46. The molecule has 1 aromatic heterocycles. The van der Waals surface area contributed by atoms with Crippen molar-refractivity contribution in [1.82, 2.24) is 15.0 Å². The number of benzene rings is 4. The summed E-state index contributed by atoms with van der Waals surface area (Å²) in [5.41, 5.74) is 1.33. The number of methoxy groups -OCH3 is 1. The van der Waals surface area contributed by atoms with E-state index in [9.17, 15) is 4.79 Å². The van der Waals surface area contributed by atoms with Gasteiger partial charge in [0.2, 0.25) is 0 Å². The van der Waals surface area contributed by atoms with Crippen LogP contribution in [0.3, 0.4) is 0 Å². The third kappa shape index (κ3) is 2.52. The molecule has 5 nitrogen and oxygen atoms in total. The Labute approximate surface area is 161 Å². The molecule has 0 N–H and O–H groups in total.